The van der Waals surface area contributed by atoms with Gasteiger partial charge in [0.15, 0.2) is 0 Å². The van der Waals surface area contributed by atoms with E-state index in [0.717, 1.165) is 12.1 Å². The molecule has 2 aromatic rings. The van der Waals surface area contributed by atoms with Gasteiger partial charge >= 0.3 is 0 Å². The lowest BCUT2D eigenvalue weighted by atomic mass is 10.1. The molecule has 0 bridgehead atoms. The van der Waals surface area contributed by atoms with Crippen LogP contribution < -0.4 is 5.32 Å². The molecular formula is C14H16ClN3O3. The molecule has 1 aliphatic heterocycles. The zero-order valence-electron chi connectivity index (χ0n) is 11.6. The Labute approximate surface area is 127 Å². The summed E-state index contributed by atoms with van der Waals surface area (Å²) < 4.78 is 16.4. The first-order chi connectivity index (χ1) is 10.3. The van der Waals surface area contributed by atoms with Crippen molar-refractivity contribution in [2.45, 2.75) is 12.2 Å². The van der Waals surface area contributed by atoms with Crippen molar-refractivity contribution in [1.29, 1.82) is 0 Å². The molecule has 112 valence electrons. The van der Waals surface area contributed by atoms with E-state index < -0.39 is 6.10 Å². The number of aromatic nitrogens is 2. The highest BCUT2D eigenvalue weighted by atomic mass is 35.5. The minimum Gasteiger partial charge on any atom is -0.368 e. The Bertz CT molecular complexity index is 599. The monoisotopic (exact) mass is 309 g/mol. The summed E-state index contributed by atoms with van der Waals surface area (Å²) in [7, 11) is 1.59. The average Bonchev–Trinajstić information content (AvgIpc) is 3.00. The number of hydrogen-bond acceptors (Lipinski definition) is 6. The third-order valence-corrected chi connectivity index (χ3v) is 3.66. The standard InChI is InChI=1S/C14H16ClN3O3/c1-19-12(9-4-2-3-5-10(9)15)13-17-14(21-18-13)11-8-16-6-7-20-11/h2-5,11-12,16H,6-8H2,1H3/t11-,12?/m0/s1. The number of benzene rings is 1. The summed E-state index contributed by atoms with van der Waals surface area (Å²) in [5, 5.41) is 7.83. The van der Waals surface area contributed by atoms with Crippen LogP contribution in [0, 0.1) is 0 Å². The largest absolute Gasteiger partial charge is 0.368 e. The van der Waals surface area contributed by atoms with Gasteiger partial charge in [0.05, 0.1) is 6.61 Å². The minimum absolute atomic E-state index is 0.219. The molecule has 21 heavy (non-hydrogen) atoms. The maximum atomic E-state index is 6.20. The molecule has 0 radical (unpaired) electrons. The lowest BCUT2D eigenvalue weighted by molar-refractivity contribution is 0.00755. The van der Waals surface area contributed by atoms with Crippen molar-refractivity contribution in [2.24, 2.45) is 0 Å². The number of halogens is 1. The van der Waals surface area contributed by atoms with Crippen LogP contribution in [-0.2, 0) is 9.47 Å². The van der Waals surface area contributed by atoms with E-state index in [4.69, 9.17) is 25.6 Å². The van der Waals surface area contributed by atoms with Crippen LogP contribution in [0.15, 0.2) is 28.8 Å². The Morgan fingerprint density at radius 3 is 3.00 bits per heavy atom. The van der Waals surface area contributed by atoms with E-state index in [-0.39, 0.29) is 6.10 Å². The lowest BCUT2D eigenvalue weighted by Gasteiger charge is -2.20. The summed E-state index contributed by atoms with van der Waals surface area (Å²) in [6.07, 6.45) is -0.684. The molecule has 0 amide bonds. The smallest absolute Gasteiger partial charge is 0.257 e. The van der Waals surface area contributed by atoms with Crippen molar-refractivity contribution in [3.05, 3.63) is 46.6 Å². The van der Waals surface area contributed by atoms with Gasteiger partial charge in [-0.05, 0) is 6.07 Å². The number of methoxy groups -OCH3 is 1. The predicted octanol–water partition coefficient (Wildman–Crippen LogP) is 2.12. The molecule has 1 fully saturated rings. The van der Waals surface area contributed by atoms with Gasteiger partial charge in [-0.25, -0.2) is 0 Å². The molecule has 0 spiro atoms. The Balaban J connectivity index is 1.85. The Morgan fingerprint density at radius 1 is 1.43 bits per heavy atom. The van der Waals surface area contributed by atoms with Gasteiger partial charge in [0, 0.05) is 30.8 Å². The summed E-state index contributed by atoms with van der Waals surface area (Å²) in [5.41, 5.74) is 0.803. The van der Waals surface area contributed by atoms with Gasteiger partial charge in [-0.15, -0.1) is 0 Å². The highest BCUT2D eigenvalue weighted by molar-refractivity contribution is 6.31. The topological polar surface area (TPSA) is 69.4 Å². The molecule has 2 heterocycles. The number of ether oxygens (including phenoxy) is 2. The lowest BCUT2D eigenvalue weighted by Crippen LogP contribution is -2.33. The second-order valence-corrected chi connectivity index (χ2v) is 5.10. The highest BCUT2D eigenvalue weighted by Gasteiger charge is 2.26. The highest BCUT2D eigenvalue weighted by Crippen LogP contribution is 2.30. The number of nitrogens with one attached hydrogen (secondary N) is 1. The Morgan fingerprint density at radius 2 is 2.29 bits per heavy atom. The molecule has 0 aliphatic carbocycles. The first-order valence-corrected chi connectivity index (χ1v) is 7.10. The molecule has 3 rings (SSSR count). The van der Waals surface area contributed by atoms with Crippen molar-refractivity contribution in [3.63, 3.8) is 0 Å². The van der Waals surface area contributed by atoms with Crippen molar-refractivity contribution in [3.8, 4) is 0 Å². The molecular weight excluding hydrogens is 294 g/mol. The van der Waals surface area contributed by atoms with Gasteiger partial charge < -0.3 is 19.3 Å². The van der Waals surface area contributed by atoms with Crippen LogP contribution in [0.4, 0.5) is 0 Å². The quantitative estimate of drug-likeness (QED) is 0.933. The van der Waals surface area contributed by atoms with E-state index in [9.17, 15) is 0 Å². The van der Waals surface area contributed by atoms with Crippen molar-refractivity contribution in [1.82, 2.24) is 15.5 Å². The summed E-state index contributed by atoms with van der Waals surface area (Å²) in [5.74, 6) is 0.890. The molecule has 7 heteroatoms. The van der Waals surface area contributed by atoms with E-state index >= 15 is 0 Å². The van der Waals surface area contributed by atoms with Crippen LogP contribution in [0.3, 0.4) is 0 Å². The van der Waals surface area contributed by atoms with Crippen molar-refractivity contribution >= 4 is 11.6 Å². The normalized spacial score (nSPS) is 20.4. The number of rotatable bonds is 4. The number of morpholine rings is 1. The van der Waals surface area contributed by atoms with Gasteiger partial charge in [-0.1, -0.05) is 35.0 Å². The van der Waals surface area contributed by atoms with Crippen LogP contribution in [0.1, 0.15) is 29.5 Å². The van der Waals surface area contributed by atoms with Gasteiger partial charge in [0.1, 0.15) is 12.2 Å². The fraction of sp³-hybridized carbons (Fsp3) is 0.429. The third-order valence-electron chi connectivity index (χ3n) is 3.32. The molecule has 1 saturated heterocycles. The van der Waals surface area contributed by atoms with Crippen LogP contribution in [-0.4, -0.2) is 36.9 Å². The zero-order valence-corrected chi connectivity index (χ0v) is 12.3. The van der Waals surface area contributed by atoms with Gasteiger partial charge in [0.2, 0.25) is 5.82 Å². The van der Waals surface area contributed by atoms with E-state index in [1.807, 2.05) is 18.2 Å². The molecule has 1 N–H and O–H groups in total. The minimum atomic E-state index is -0.465. The first kappa shape index (κ1) is 14.5. The molecule has 1 aromatic carbocycles. The van der Waals surface area contributed by atoms with Crippen LogP contribution in [0.5, 0.6) is 0 Å². The van der Waals surface area contributed by atoms with Crippen molar-refractivity contribution in [2.75, 3.05) is 26.8 Å². The maximum Gasteiger partial charge on any atom is 0.257 e. The SMILES string of the molecule is COC(c1noc([C@@H]2CNCCO2)n1)c1ccccc1Cl. The molecule has 2 atom stereocenters. The zero-order chi connectivity index (χ0) is 14.7. The van der Waals surface area contributed by atoms with Crippen LogP contribution in [0.2, 0.25) is 5.02 Å². The second-order valence-electron chi connectivity index (χ2n) is 4.69. The van der Waals surface area contributed by atoms with E-state index in [2.05, 4.69) is 15.5 Å². The van der Waals surface area contributed by atoms with Crippen molar-refractivity contribution < 1.29 is 14.0 Å². The Kier molecular flexibility index (Phi) is 4.50. The Hall–Kier alpha value is -1.47. The van der Waals surface area contributed by atoms with Gasteiger partial charge in [0.25, 0.3) is 5.89 Å². The molecule has 6 nitrogen and oxygen atoms in total. The third kappa shape index (κ3) is 3.08. The predicted molar refractivity (Wildman–Crippen MR) is 76.2 cm³/mol. The summed E-state index contributed by atoms with van der Waals surface area (Å²) in [6, 6.07) is 7.44. The molecule has 1 unspecified atom stereocenters. The number of nitrogens with zero attached hydrogens (tertiary/aromatic N) is 2. The van der Waals surface area contributed by atoms with Crippen LogP contribution in [0.25, 0.3) is 0 Å². The average molecular weight is 310 g/mol. The molecule has 1 aromatic heterocycles. The summed E-state index contributed by atoms with van der Waals surface area (Å²) in [4.78, 5) is 4.40. The van der Waals surface area contributed by atoms with Gasteiger partial charge in [-0.2, -0.15) is 4.98 Å². The second kappa shape index (κ2) is 6.53. The summed E-state index contributed by atoms with van der Waals surface area (Å²) in [6.45, 7) is 2.11. The van der Waals surface area contributed by atoms with E-state index in [0.29, 0.717) is 29.9 Å². The molecule has 0 saturated carbocycles. The first-order valence-electron chi connectivity index (χ1n) is 6.72. The maximum absolute atomic E-state index is 6.20. The fourth-order valence-corrected chi connectivity index (χ4v) is 2.50. The fourth-order valence-electron chi connectivity index (χ4n) is 2.27. The van der Waals surface area contributed by atoms with Crippen LogP contribution >= 0.6 is 11.6 Å². The molecule has 1 aliphatic rings. The number of hydrogen-bond donors (Lipinski definition) is 1. The summed E-state index contributed by atoms with van der Waals surface area (Å²) >= 11 is 6.20. The van der Waals surface area contributed by atoms with E-state index in [1.54, 1.807) is 13.2 Å². The van der Waals surface area contributed by atoms with E-state index in [1.165, 1.54) is 0 Å². The van der Waals surface area contributed by atoms with Gasteiger partial charge in [-0.3, -0.25) is 0 Å².